The molecule has 12 heteroatoms. The van der Waals surface area contributed by atoms with Crippen LogP contribution in [0.1, 0.15) is 40.5 Å². The number of furan rings is 2. The quantitative estimate of drug-likeness (QED) is 0.314. The van der Waals surface area contributed by atoms with Gasteiger partial charge >= 0.3 is 46.4 Å². The van der Waals surface area contributed by atoms with Crippen molar-refractivity contribution in [3.8, 4) is 0 Å². The van der Waals surface area contributed by atoms with Crippen molar-refractivity contribution in [2.24, 2.45) is 23.7 Å². The van der Waals surface area contributed by atoms with Gasteiger partial charge < -0.3 is 18.3 Å². The van der Waals surface area contributed by atoms with Gasteiger partial charge in [-0.1, -0.05) is 27.7 Å². The third kappa shape index (κ3) is 4.30. The lowest BCUT2D eigenvalue weighted by molar-refractivity contribution is -0.154. The summed E-state index contributed by atoms with van der Waals surface area (Å²) in [6, 6.07) is 2.29. The first-order valence-corrected chi connectivity index (χ1v) is 11.4. The number of carbonyl (C=O) groups excluding carboxylic acids is 4. The maximum absolute atomic E-state index is 11.3. The minimum Gasteiger partial charge on any atom is -0.393 e. The molecule has 3 aliphatic rings. The van der Waals surface area contributed by atoms with Crippen LogP contribution in [0, 0.1) is 23.7 Å². The summed E-state index contributed by atoms with van der Waals surface area (Å²) >= 11 is 0. The number of esters is 4. The molecule has 1 aliphatic carbocycles. The summed E-state index contributed by atoms with van der Waals surface area (Å²) in [4.78, 5) is 90.0. The van der Waals surface area contributed by atoms with Crippen molar-refractivity contribution in [2.45, 2.75) is 40.5 Å². The Hall–Kier alpha value is -4.22. The standard InChI is InChI=1S/C10H8O6.C10H2O6.2C2H6/c2*11-7-3-1-4-6(10(14)16-8(4)12)2-5(3)9(13)15-7;2*1-2/h3-6H,1-2H2;1-2H;2*1-2H3. The predicted octanol–water partition coefficient (Wildman–Crippen LogP) is 0.960. The Balaban J connectivity index is 0.000000177. The molecule has 4 atom stereocenters. The molecule has 12 nitrogen and oxygen atoms in total. The number of rotatable bonds is 0. The Labute approximate surface area is 201 Å². The lowest BCUT2D eigenvalue weighted by Gasteiger charge is -2.25. The van der Waals surface area contributed by atoms with Crippen molar-refractivity contribution >= 4 is 45.4 Å². The summed E-state index contributed by atoms with van der Waals surface area (Å²) in [5.74, 6) is -4.64. The maximum atomic E-state index is 11.3. The molecule has 1 saturated carbocycles. The second-order valence-corrected chi connectivity index (χ2v) is 7.67. The van der Waals surface area contributed by atoms with Gasteiger partial charge in [0.1, 0.15) is 0 Å². The average Bonchev–Trinajstić information content (AvgIpc) is 3.52. The third-order valence-electron chi connectivity index (χ3n) is 6.01. The predicted molar refractivity (Wildman–Crippen MR) is 122 cm³/mol. The molecule has 4 heterocycles. The van der Waals surface area contributed by atoms with Gasteiger partial charge in [-0.05, 0) is 25.0 Å². The van der Waals surface area contributed by atoms with E-state index in [4.69, 9.17) is 0 Å². The van der Waals surface area contributed by atoms with E-state index in [1.165, 1.54) is 0 Å². The zero-order valence-electron chi connectivity index (χ0n) is 19.8. The van der Waals surface area contributed by atoms with E-state index >= 15 is 0 Å². The van der Waals surface area contributed by atoms with Crippen molar-refractivity contribution in [2.75, 3.05) is 0 Å². The number of cyclic esters (lactones) is 4. The van der Waals surface area contributed by atoms with Gasteiger partial charge in [0, 0.05) is 0 Å². The van der Waals surface area contributed by atoms with Gasteiger partial charge in [0.25, 0.3) is 0 Å². The highest BCUT2D eigenvalue weighted by atomic mass is 16.6. The van der Waals surface area contributed by atoms with Gasteiger partial charge in [0.05, 0.1) is 45.2 Å². The van der Waals surface area contributed by atoms with Crippen molar-refractivity contribution in [3.05, 3.63) is 53.8 Å². The maximum Gasteiger partial charge on any atom is 0.346 e. The van der Waals surface area contributed by atoms with Gasteiger partial charge in [-0.15, -0.1) is 0 Å². The van der Waals surface area contributed by atoms with Crippen LogP contribution in [-0.4, -0.2) is 23.9 Å². The molecule has 6 rings (SSSR count). The lowest BCUT2D eigenvalue weighted by atomic mass is 9.70. The van der Waals surface area contributed by atoms with Crippen molar-refractivity contribution in [1.82, 2.24) is 0 Å². The first-order chi connectivity index (χ1) is 17.2. The normalized spacial score (nSPS) is 23.9. The smallest absolute Gasteiger partial charge is 0.346 e. The van der Waals surface area contributed by atoms with Crippen molar-refractivity contribution in [3.63, 3.8) is 0 Å². The summed E-state index contributed by atoms with van der Waals surface area (Å²) < 4.78 is 17.7. The van der Waals surface area contributed by atoms with E-state index in [0.29, 0.717) is 0 Å². The van der Waals surface area contributed by atoms with E-state index in [1.807, 2.05) is 27.7 Å². The average molecular weight is 502 g/mol. The van der Waals surface area contributed by atoms with Crippen LogP contribution in [0.2, 0.25) is 0 Å². The second kappa shape index (κ2) is 10.2. The van der Waals surface area contributed by atoms with E-state index < -0.39 is 70.1 Å². The first kappa shape index (κ1) is 26.4. The molecule has 4 unspecified atom stereocenters. The Morgan fingerprint density at radius 3 is 0.917 bits per heavy atom. The monoisotopic (exact) mass is 502 g/mol. The van der Waals surface area contributed by atoms with Crippen LogP contribution in [0.4, 0.5) is 0 Å². The molecule has 0 bridgehead atoms. The number of hydrogen-bond acceptors (Lipinski definition) is 12. The van der Waals surface area contributed by atoms with Gasteiger partial charge in [0.15, 0.2) is 0 Å². The van der Waals surface area contributed by atoms with Crippen molar-refractivity contribution in [1.29, 1.82) is 0 Å². The van der Waals surface area contributed by atoms with Gasteiger partial charge in [-0.25, -0.2) is 19.2 Å². The largest absolute Gasteiger partial charge is 0.393 e. The number of carbonyl (C=O) groups is 4. The van der Waals surface area contributed by atoms with E-state index in [2.05, 4.69) is 18.3 Å². The highest BCUT2D eigenvalue weighted by Crippen LogP contribution is 2.45. The van der Waals surface area contributed by atoms with Crippen LogP contribution in [-0.2, 0) is 28.7 Å². The van der Waals surface area contributed by atoms with E-state index in [1.54, 1.807) is 0 Å². The molecule has 2 aromatic heterocycles. The molecular weight excluding hydrogens is 480 g/mol. The third-order valence-corrected chi connectivity index (χ3v) is 6.01. The zero-order chi connectivity index (χ0) is 26.9. The fourth-order valence-electron chi connectivity index (χ4n) is 4.41. The fourth-order valence-corrected chi connectivity index (χ4v) is 4.41. The second-order valence-electron chi connectivity index (χ2n) is 7.67. The molecule has 190 valence electrons. The molecule has 0 spiro atoms. The molecule has 3 aromatic rings. The van der Waals surface area contributed by atoms with E-state index in [9.17, 15) is 38.4 Å². The van der Waals surface area contributed by atoms with Crippen molar-refractivity contribution < 1.29 is 37.5 Å². The molecule has 36 heavy (non-hydrogen) atoms. The lowest BCUT2D eigenvalue weighted by Crippen LogP contribution is -2.35. The Morgan fingerprint density at radius 2 is 0.694 bits per heavy atom. The van der Waals surface area contributed by atoms with Gasteiger partial charge in [-0.3, -0.25) is 19.2 Å². The Morgan fingerprint density at radius 1 is 0.472 bits per heavy atom. The van der Waals surface area contributed by atoms with Crippen LogP contribution < -0.4 is 22.5 Å². The molecule has 1 aromatic carbocycles. The Kier molecular flexibility index (Phi) is 7.46. The molecule has 0 N–H and O–H groups in total. The van der Waals surface area contributed by atoms with Crippen LogP contribution in [0.15, 0.2) is 40.1 Å². The SMILES string of the molecule is CC.CC.O=C1OC(=O)C2CC3C(=O)OC(=O)C3CC12.O=c1oc(=O)c2cc3c(=O)oc(=O)c3cc12. The van der Waals surface area contributed by atoms with Crippen LogP contribution in [0.3, 0.4) is 0 Å². The van der Waals surface area contributed by atoms with Crippen LogP contribution in [0.5, 0.6) is 0 Å². The number of fused-ring (bicyclic) bond motifs is 4. The number of ether oxygens (including phenoxy) is 2. The minimum absolute atomic E-state index is 0.0181. The summed E-state index contributed by atoms with van der Waals surface area (Å²) in [7, 11) is 0. The van der Waals surface area contributed by atoms with E-state index in [0.717, 1.165) is 12.1 Å². The fraction of sp³-hybridized carbons (Fsp3) is 0.417. The molecule has 2 aliphatic heterocycles. The number of benzene rings is 1. The Bertz CT molecular complexity index is 1340. The van der Waals surface area contributed by atoms with Crippen LogP contribution >= 0.6 is 0 Å². The highest BCUT2D eigenvalue weighted by molar-refractivity contribution is 6.01. The topological polar surface area (TPSA) is 181 Å². The molecular formula is C24H22O12. The van der Waals surface area contributed by atoms with Gasteiger partial charge in [-0.2, -0.15) is 0 Å². The van der Waals surface area contributed by atoms with Gasteiger partial charge in [0.2, 0.25) is 0 Å². The highest BCUT2D eigenvalue weighted by Gasteiger charge is 2.57. The molecule has 2 saturated heterocycles. The van der Waals surface area contributed by atoms with Crippen LogP contribution in [0.25, 0.3) is 21.5 Å². The summed E-state index contributed by atoms with van der Waals surface area (Å²) in [6.45, 7) is 8.00. The molecule has 3 fully saturated rings. The zero-order valence-corrected chi connectivity index (χ0v) is 19.8. The minimum atomic E-state index is -0.824. The number of hydrogen-bond donors (Lipinski definition) is 0. The summed E-state index contributed by atoms with van der Waals surface area (Å²) in [5, 5.41) is -0.0726. The first-order valence-electron chi connectivity index (χ1n) is 11.4. The summed E-state index contributed by atoms with van der Waals surface area (Å²) in [6.07, 6.45) is 0.370. The summed E-state index contributed by atoms with van der Waals surface area (Å²) in [5.41, 5.74) is -3.30. The molecule has 0 radical (unpaired) electrons. The molecule has 0 amide bonds. The van der Waals surface area contributed by atoms with E-state index in [-0.39, 0.29) is 34.4 Å².